The van der Waals surface area contributed by atoms with E-state index in [9.17, 15) is 14.4 Å². The molecule has 2 aromatic heterocycles. The fraction of sp³-hybridized carbons (Fsp3) is 0.0370. The molecule has 0 unspecified atom stereocenters. The Kier molecular flexibility index (Phi) is 9.69. The molecule has 0 radical (unpaired) electrons. The molecule has 0 fully saturated rings. The van der Waals surface area contributed by atoms with Gasteiger partial charge in [0.1, 0.15) is 16.6 Å². The number of hydrogen-bond donors (Lipinski definition) is 4. The van der Waals surface area contributed by atoms with E-state index in [1.54, 1.807) is 42.6 Å². The Hall–Kier alpha value is -4.80. The number of carbonyl (C=O) groups is 3. The minimum atomic E-state index is -1.06. The zero-order valence-electron chi connectivity index (χ0n) is 20.1. The normalized spacial score (nSPS) is 11.1. The van der Waals surface area contributed by atoms with Crippen molar-refractivity contribution in [2.45, 2.75) is 6.42 Å². The maximum atomic E-state index is 11.2. The van der Waals surface area contributed by atoms with Gasteiger partial charge in [-0.05, 0) is 48.0 Å². The quantitative estimate of drug-likeness (QED) is 0.146. The molecule has 0 spiro atoms. The van der Waals surface area contributed by atoms with Crippen LogP contribution in [0.3, 0.4) is 0 Å². The number of carbonyl (C=O) groups excluding carboxylic acids is 1. The Morgan fingerprint density at radius 3 is 2.03 bits per heavy atom. The number of hydrogen-bond acceptors (Lipinski definition) is 8. The predicted molar refractivity (Wildman–Crippen MR) is 149 cm³/mol. The number of para-hydroxylation sites is 2. The first-order valence-corrected chi connectivity index (χ1v) is 11.8. The molecule has 10 nitrogen and oxygen atoms in total. The number of benzene rings is 2. The lowest BCUT2D eigenvalue weighted by atomic mass is 10.0. The fourth-order valence-corrected chi connectivity index (χ4v) is 3.76. The number of nitrogens with two attached hydrogens (primary N) is 2. The van der Waals surface area contributed by atoms with Crippen molar-refractivity contribution in [1.82, 2.24) is 9.97 Å². The van der Waals surface area contributed by atoms with Crippen LogP contribution in [0.25, 0.3) is 0 Å². The summed E-state index contributed by atoms with van der Waals surface area (Å²) in [6, 6.07) is 16.4. The molecule has 5 rings (SSSR count). The third-order valence-electron chi connectivity index (χ3n) is 5.27. The van der Waals surface area contributed by atoms with Crippen LogP contribution in [0, 0.1) is 0 Å². The van der Waals surface area contributed by atoms with Crippen LogP contribution in [0.4, 0.5) is 17.1 Å². The van der Waals surface area contributed by atoms with Gasteiger partial charge in [0.05, 0.1) is 33.9 Å². The molecule has 0 bridgehead atoms. The largest absolute Gasteiger partial charge is 0.478 e. The molecule has 12 heteroatoms. The number of halogens is 2. The average molecular weight is 566 g/mol. The summed E-state index contributed by atoms with van der Waals surface area (Å²) in [5.74, 6) is -2.02. The van der Waals surface area contributed by atoms with Crippen LogP contribution >= 0.6 is 23.2 Å². The molecule has 6 N–H and O–H groups in total. The summed E-state index contributed by atoms with van der Waals surface area (Å²) in [5.41, 5.74) is 15.1. The van der Waals surface area contributed by atoms with Gasteiger partial charge >= 0.3 is 11.9 Å². The lowest BCUT2D eigenvalue weighted by molar-refractivity contribution is 0.0687. The molecular formula is C27H21Cl2N5O5. The van der Waals surface area contributed by atoms with Gasteiger partial charge in [0.15, 0.2) is 0 Å². The van der Waals surface area contributed by atoms with E-state index in [-0.39, 0.29) is 16.8 Å². The van der Waals surface area contributed by atoms with Crippen molar-refractivity contribution in [3.63, 3.8) is 0 Å². The molecule has 39 heavy (non-hydrogen) atoms. The van der Waals surface area contributed by atoms with E-state index in [1.165, 1.54) is 18.3 Å². The van der Waals surface area contributed by atoms with Gasteiger partial charge < -0.3 is 21.7 Å². The van der Waals surface area contributed by atoms with Crippen molar-refractivity contribution in [3.05, 3.63) is 111 Å². The number of nitrogens with zero attached hydrogens (tertiary/aromatic N) is 3. The molecule has 1 aliphatic heterocycles. The maximum Gasteiger partial charge on any atom is 0.337 e. The van der Waals surface area contributed by atoms with Crippen LogP contribution in [0.5, 0.6) is 0 Å². The zero-order valence-corrected chi connectivity index (χ0v) is 21.6. The number of aldehydes is 1. The highest BCUT2D eigenvalue weighted by molar-refractivity contribution is 6.30. The Morgan fingerprint density at radius 1 is 0.846 bits per heavy atom. The van der Waals surface area contributed by atoms with E-state index in [0.717, 1.165) is 23.1 Å². The van der Waals surface area contributed by atoms with Crippen LogP contribution < -0.4 is 11.5 Å². The van der Waals surface area contributed by atoms with Crippen LogP contribution in [-0.2, 0) is 6.42 Å². The van der Waals surface area contributed by atoms with Gasteiger partial charge in [-0.3, -0.25) is 9.79 Å². The molecule has 0 saturated carbocycles. The summed E-state index contributed by atoms with van der Waals surface area (Å²) < 4.78 is 0. The van der Waals surface area contributed by atoms with Crippen molar-refractivity contribution >= 4 is 64.2 Å². The standard InChI is InChI=1S/C14H9ClN2O2.C7H8N2O2.C6H4ClNO/c15-12-7-8(4-5-16-12)11-6-9-2-1-3-10(14(18)19)13(9)17-11;8-5-3-1-2-4(6(5)9)7(10)11;7-6-3-5(4-9)1-2-8-6/h1-5,7H,6H2,(H,18,19);1-3H,8-9H2,(H,10,11);1-4H. The van der Waals surface area contributed by atoms with Crippen molar-refractivity contribution in [2.75, 3.05) is 11.5 Å². The SMILES string of the molecule is Nc1cccc(C(=O)O)c1N.O=C(O)c1cccc2c1N=C(c1ccnc(Cl)c1)C2.O=Cc1ccnc(Cl)c1. The summed E-state index contributed by atoms with van der Waals surface area (Å²) in [6.07, 6.45) is 4.44. The summed E-state index contributed by atoms with van der Waals surface area (Å²) in [6.45, 7) is 0. The lowest BCUT2D eigenvalue weighted by Crippen LogP contribution is -2.04. The molecule has 198 valence electrons. The van der Waals surface area contributed by atoms with E-state index in [4.69, 9.17) is 44.9 Å². The first-order chi connectivity index (χ1) is 18.6. The Balaban J connectivity index is 0.000000179. The van der Waals surface area contributed by atoms with Crippen molar-refractivity contribution in [2.24, 2.45) is 4.99 Å². The van der Waals surface area contributed by atoms with Gasteiger partial charge in [0.25, 0.3) is 0 Å². The van der Waals surface area contributed by atoms with Gasteiger partial charge in [-0.2, -0.15) is 0 Å². The second kappa shape index (κ2) is 13.1. The Bertz CT molecular complexity index is 1580. The number of aromatic carboxylic acids is 2. The second-order valence-corrected chi connectivity index (χ2v) is 8.64. The molecular weight excluding hydrogens is 545 g/mol. The smallest absolute Gasteiger partial charge is 0.337 e. The first kappa shape index (κ1) is 28.8. The Morgan fingerprint density at radius 2 is 1.46 bits per heavy atom. The summed E-state index contributed by atoms with van der Waals surface area (Å²) in [5, 5.41) is 18.4. The minimum absolute atomic E-state index is 0.0463. The average Bonchev–Trinajstić information content (AvgIpc) is 3.35. The minimum Gasteiger partial charge on any atom is -0.478 e. The predicted octanol–water partition coefficient (Wildman–Crippen LogP) is 5.21. The third kappa shape index (κ3) is 7.60. The highest BCUT2D eigenvalue weighted by atomic mass is 35.5. The van der Waals surface area contributed by atoms with E-state index < -0.39 is 11.9 Å². The number of aliphatic imine (C=N–C) groups is 1. The number of nitrogen functional groups attached to an aromatic ring is 2. The Labute approximate surface area is 232 Å². The van der Waals surface area contributed by atoms with Crippen LogP contribution in [0.15, 0.2) is 78.0 Å². The van der Waals surface area contributed by atoms with Crippen LogP contribution in [0.2, 0.25) is 10.3 Å². The molecule has 0 saturated heterocycles. The fourth-order valence-electron chi connectivity index (χ4n) is 3.40. The number of rotatable bonds is 4. The summed E-state index contributed by atoms with van der Waals surface area (Å²) in [7, 11) is 0. The van der Waals surface area contributed by atoms with E-state index in [2.05, 4.69) is 15.0 Å². The number of carboxylic acid groups (broad SMARTS) is 2. The van der Waals surface area contributed by atoms with Gasteiger partial charge in [-0.1, -0.05) is 41.4 Å². The van der Waals surface area contributed by atoms with E-state index >= 15 is 0 Å². The number of carboxylic acids is 2. The number of aromatic nitrogens is 2. The highest BCUT2D eigenvalue weighted by Crippen LogP contribution is 2.32. The second-order valence-electron chi connectivity index (χ2n) is 7.86. The molecule has 2 aromatic carbocycles. The molecule has 0 amide bonds. The number of anilines is 2. The maximum absolute atomic E-state index is 11.2. The topological polar surface area (TPSA) is 182 Å². The van der Waals surface area contributed by atoms with E-state index in [1.807, 2.05) is 12.1 Å². The van der Waals surface area contributed by atoms with Crippen molar-refractivity contribution in [1.29, 1.82) is 0 Å². The molecule has 3 heterocycles. The third-order valence-corrected chi connectivity index (χ3v) is 5.68. The molecule has 0 atom stereocenters. The van der Waals surface area contributed by atoms with Gasteiger partial charge in [-0.15, -0.1) is 0 Å². The molecule has 1 aliphatic rings. The van der Waals surface area contributed by atoms with Crippen LogP contribution in [0.1, 0.15) is 42.2 Å². The monoisotopic (exact) mass is 565 g/mol. The zero-order chi connectivity index (χ0) is 28.5. The summed E-state index contributed by atoms with van der Waals surface area (Å²) in [4.78, 5) is 43.7. The van der Waals surface area contributed by atoms with E-state index in [0.29, 0.717) is 33.7 Å². The van der Waals surface area contributed by atoms with Crippen molar-refractivity contribution in [3.8, 4) is 0 Å². The highest BCUT2D eigenvalue weighted by Gasteiger charge is 2.21. The molecule has 4 aromatic rings. The molecule has 0 aliphatic carbocycles. The number of pyridine rings is 2. The first-order valence-electron chi connectivity index (χ1n) is 11.1. The summed E-state index contributed by atoms with van der Waals surface area (Å²) >= 11 is 11.3. The number of fused-ring (bicyclic) bond motifs is 1. The van der Waals surface area contributed by atoms with Gasteiger partial charge in [0, 0.05) is 29.9 Å². The van der Waals surface area contributed by atoms with Gasteiger partial charge in [-0.25, -0.2) is 19.6 Å². The van der Waals surface area contributed by atoms with Gasteiger partial charge in [0.2, 0.25) is 0 Å². The van der Waals surface area contributed by atoms with Crippen molar-refractivity contribution < 1.29 is 24.6 Å². The van der Waals surface area contributed by atoms with Crippen LogP contribution in [-0.4, -0.2) is 44.1 Å². The lowest BCUT2D eigenvalue weighted by Gasteiger charge is -2.01.